The maximum absolute atomic E-state index is 13.0. The summed E-state index contributed by atoms with van der Waals surface area (Å²) in [6.07, 6.45) is 0. The molecule has 162 valence electrons. The third-order valence-electron chi connectivity index (χ3n) is 5.22. The molecular weight excluding hydrogens is 474 g/mol. The van der Waals surface area contributed by atoms with E-state index >= 15 is 0 Å². The first-order valence-corrected chi connectivity index (χ1v) is 10.7. The van der Waals surface area contributed by atoms with E-state index in [0.717, 1.165) is 10.0 Å². The Morgan fingerprint density at radius 1 is 1.03 bits per heavy atom. The van der Waals surface area contributed by atoms with Crippen LogP contribution in [0.15, 0.2) is 77.3 Å². The van der Waals surface area contributed by atoms with E-state index in [-0.39, 0.29) is 5.91 Å². The van der Waals surface area contributed by atoms with Crippen molar-refractivity contribution >= 4 is 39.5 Å². The second kappa shape index (κ2) is 8.84. The van der Waals surface area contributed by atoms with E-state index < -0.39 is 17.5 Å². The summed E-state index contributed by atoms with van der Waals surface area (Å²) in [4.78, 5) is 36.8. The van der Waals surface area contributed by atoms with E-state index in [0.29, 0.717) is 29.2 Å². The Morgan fingerprint density at radius 2 is 1.78 bits per heavy atom. The highest BCUT2D eigenvalue weighted by atomic mass is 79.9. The fourth-order valence-corrected chi connectivity index (χ4v) is 3.80. The second-order valence-electron chi connectivity index (χ2n) is 7.44. The smallest absolute Gasteiger partial charge is 0.322 e. The molecule has 1 heterocycles. The number of urea groups is 1. The molecule has 1 aliphatic heterocycles. The monoisotopic (exact) mass is 493 g/mol. The molecule has 0 spiro atoms. The Hall–Kier alpha value is -3.65. The number of hydrogen-bond acceptors (Lipinski definition) is 4. The van der Waals surface area contributed by atoms with Crippen molar-refractivity contribution in [1.29, 1.82) is 0 Å². The maximum Gasteiger partial charge on any atom is 0.322 e. The van der Waals surface area contributed by atoms with Crippen LogP contribution < -0.4 is 20.7 Å². The van der Waals surface area contributed by atoms with Crippen molar-refractivity contribution in [2.45, 2.75) is 19.1 Å². The van der Waals surface area contributed by atoms with Gasteiger partial charge < -0.3 is 15.4 Å². The van der Waals surface area contributed by atoms with Crippen LogP contribution in [0.5, 0.6) is 5.75 Å². The van der Waals surface area contributed by atoms with Gasteiger partial charge in [-0.25, -0.2) is 4.79 Å². The predicted octanol–water partition coefficient (Wildman–Crippen LogP) is 4.34. The minimum atomic E-state index is -1.21. The van der Waals surface area contributed by atoms with Gasteiger partial charge in [0.1, 0.15) is 17.9 Å². The molecule has 4 rings (SSSR count). The SMILES string of the molecule is CC1(c2cccc(NC(=O)c3ccccc3OCc3ccccc3Br)c2)NC(=O)NC1=O. The Balaban J connectivity index is 1.52. The fourth-order valence-electron chi connectivity index (χ4n) is 3.40. The van der Waals surface area contributed by atoms with Crippen molar-refractivity contribution in [2.75, 3.05) is 5.32 Å². The van der Waals surface area contributed by atoms with Crippen molar-refractivity contribution < 1.29 is 19.1 Å². The highest BCUT2D eigenvalue weighted by Gasteiger charge is 2.43. The van der Waals surface area contributed by atoms with Gasteiger partial charge >= 0.3 is 6.03 Å². The van der Waals surface area contributed by atoms with Gasteiger partial charge in [-0.15, -0.1) is 0 Å². The molecule has 32 heavy (non-hydrogen) atoms. The topological polar surface area (TPSA) is 96.5 Å². The van der Waals surface area contributed by atoms with Crippen molar-refractivity contribution in [3.05, 3.63) is 94.0 Å². The molecule has 4 amide bonds. The quantitative estimate of drug-likeness (QED) is 0.445. The lowest BCUT2D eigenvalue weighted by Crippen LogP contribution is -2.40. The molecule has 0 saturated carbocycles. The van der Waals surface area contributed by atoms with Gasteiger partial charge in [0.2, 0.25) is 0 Å². The Kier molecular flexibility index (Phi) is 5.96. The molecule has 3 aromatic carbocycles. The number of anilines is 1. The van der Waals surface area contributed by atoms with Crippen LogP contribution in [-0.2, 0) is 16.9 Å². The number of para-hydroxylation sites is 1. The van der Waals surface area contributed by atoms with Crippen LogP contribution in [0.4, 0.5) is 10.5 Å². The van der Waals surface area contributed by atoms with E-state index in [1.54, 1.807) is 55.5 Å². The number of hydrogen-bond donors (Lipinski definition) is 3. The first kappa shape index (κ1) is 21.6. The standard InChI is InChI=1S/C24H20BrN3O4/c1-24(22(30)27-23(31)28-24)16-8-6-9-17(13-16)26-21(29)18-10-3-5-12-20(18)32-14-15-7-2-4-11-19(15)25/h2-13H,14H2,1H3,(H,26,29)(H2,27,28,30,31). The van der Waals surface area contributed by atoms with E-state index in [1.165, 1.54) is 0 Å². The minimum Gasteiger partial charge on any atom is -0.488 e. The molecule has 1 saturated heterocycles. The third-order valence-corrected chi connectivity index (χ3v) is 5.99. The first-order chi connectivity index (χ1) is 15.4. The number of carbonyl (C=O) groups is 3. The summed E-state index contributed by atoms with van der Waals surface area (Å²) in [6.45, 7) is 1.91. The molecule has 3 aromatic rings. The normalized spacial score (nSPS) is 17.4. The molecule has 1 aliphatic rings. The molecule has 0 radical (unpaired) electrons. The average Bonchev–Trinajstić information content (AvgIpc) is 3.05. The lowest BCUT2D eigenvalue weighted by atomic mass is 9.92. The molecule has 1 unspecified atom stereocenters. The number of amides is 4. The number of carbonyl (C=O) groups excluding carboxylic acids is 3. The zero-order valence-corrected chi connectivity index (χ0v) is 18.7. The lowest BCUT2D eigenvalue weighted by Gasteiger charge is -2.21. The molecular formula is C24H20BrN3O4. The lowest BCUT2D eigenvalue weighted by molar-refractivity contribution is -0.123. The molecule has 1 fully saturated rings. The molecule has 0 aromatic heterocycles. The summed E-state index contributed by atoms with van der Waals surface area (Å²) in [5.74, 6) is -0.349. The second-order valence-corrected chi connectivity index (χ2v) is 8.30. The largest absolute Gasteiger partial charge is 0.488 e. The van der Waals surface area contributed by atoms with Crippen LogP contribution in [0.2, 0.25) is 0 Å². The highest BCUT2D eigenvalue weighted by Crippen LogP contribution is 2.28. The van der Waals surface area contributed by atoms with Crippen LogP contribution in [0.25, 0.3) is 0 Å². The third kappa shape index (κ3) is 4.36. The van der Waals surface area contributed by atoms with Gasteiger partial charge in [-0.3, -0.25) is 14.9 Å². The maximum atomic E-state index is 13.0. The fraction of sp³-hybridized carbons (Fsp3) is 0.125. The number of ether oxygens (including phenoxy) is 1. The minimum absolute atomic E-state index is 0.300. The van der Waals surface area contributed by atoms with Crippen molar-refractivity contribution in [3.8, 4) is 5.75 Å². The van der Waals surface area contributed by atoms with E-state index in [1.807, 2.05) is 24.3 Å². The molecule has 8 heteroatoms. The molecule has 0 bridgehead atoms. The van der Waals surface area contributed by atoms with E-state index in [9.17, 15) is 14.4 Å². The van der Waals surface area contributed by atoms with Crippen LogP contribution >= 0.6 is 15.9 Å². The highest BCUT2D eigenvalue weighted by molar-refractivity contribution is 9.10. The van der Waals surface area contributed by atoms with Gasteiger partial charge in [-0.2, -0.15) is 0 Å². The predicted molar refractivity (Wildman–Crippen MR) is 123 cm³/mol. The summed E-state index contributed by atoms with van der Waals surface area (Å²) in [5, 5.41) is 7.70. The Bertz CT molecular complexity index is 1210. The Morgan fingerprint density at radius 3 is 2.53 bits per heavy atom. The molecule has 3 N–H and O–H groups in total. The number of imide groups is 1. The van der Waals surface area contributed by atoms with Crippen molar-refractivity contribution in [1.82, 2.24) is 10.6 Å². The van der Waals surface area contributed by atoms with Crippen LogP contribution in [0, 0.1) is 0 Å². The van der Waals surface area contributed by atoms with Gasteiger partial charge in [0.15, 0.2) is 0 Å². The molecule has 7 nitrogen and oxygen atoms in total. The molecule has 1 atom stereocenters. The van der Waals surface area contributed by atoms with Crippen LogP contribution in [0.3, 0.4) is 0 Å². The zero-order valence-electron chi connectivity index (χ0n) is 17.1. The van der Waals surface area contributed by atoms with Gasteiger partial charge in [0.25, 0.3) is 11.8 Å². The molecule has 0 aliphatic carbocycles. The summed E-state index contributed by atoms with van der Waals surface area (Å²) in [6, 6.07) is 20.9. The van der Waals surface area contributed by atoms with Crippen molar-refractivity contribution in [3.63, 3.8) is 0 Å². The van der Waals surface area contributed by atoms with E-state index in [4.69, 9.17) is 4.74 Å². The number of benzene rings is 3. The van der Waals surface area contributed by atoms with E-state index in [2.05, 4.69) is 31.9 Å². The summed E-state index contributed by atoms with van der Waals surface area (Å²) in [7, 11) is 0. The van der Waals surface area contributed by atoms with Gasteiger partial charge in [-0.05, 0) is 42.8 Å². The number of nitrogens with one attached hydrogen (secondary N) is 3. The van der Waals surface area contributed by atoms with Gasteiger partial charge in [-0.1, -0.05) is 58.4 Å². The Labute approximate surface area is 193 Å². The first-order valence-electron chi connectivity index (χ1n) is 9.87. The van der Waals surface area contributed by atoms with Crippen LogP contribution in [-0.4, -0.2) is 17.8 Å². The summed E-state index contributed by atoms with van der Waals surface area (Å²) in [5.41, 5.74) is 1.17. The summed E-state index contributed by atoms with van der Waals surface area (Å²) >= 11 is 3.49. The van der Waals surface area contributed by atoms with Crippen molar-refractivity contribution in [2.24, 2.45) is 0 Å². The average molecular weight is 494 g/mol. The van der Waals surface area contributed by atoms with Gasteiger partial charge in [0, 0.05) is 15.7 Å². The van der Waals surface area contributed by atoms with Crippen LogP contribution in [0.1, 0.15) is 28.4 Å². The summed E-state index contributed by atoms with van der Waals surface area (Å²) < 4.78 is 6.84. The van der Waals surface area contributed by atoms with Gasteiger partial charge in [0.05, 0.1) is 5.56 Å². The number of halogens is 1. The zero-order chi connectivity index (χ0) is 22.7. The number of rotatable bonds is 6.